The second-order valence-electron chi connectivity index (χ2n) is 9.98. The van der Waals surface area contributed by atoms with Crippen molar-refractivity contribution >= 4 is 67.6 Å². The average molecular weight is 525 g/mol. The molecule has 1 aliphatic rings. The summed E-state index contributed by atoms with van der Waals surface area (Å²) < 4.78 is 23.4. The predicted octanol–water partition coefficient (Wildman–Crippen LogP) is 4.92. The van der Waals surface area contributed by atoms with Gasteiger partial charge in [-0.1, -0.05) is 18.7 Å². The van der Waals surface area contributed by atoms with Crippen molar-refractivity contribution < 1.29 is 34.0 Å². The largest absolute Gasteiger partial charge is 0.504 e. The molecule has 0 atom stereocenters. The topological polar surface area (TPSA) is 94.5 Å². The third-order valence-corrected chi connectivity index (χ3v) is 8.02. The molecule has 0 saturated carbocycles. The number of phenols is 2. The zero-order valence-electron chi connectivity index (χ0n) is 22.7. The zero-order chi connectivity index (χ0) is 28.1. The molecule has 0 bridgehead atoms. The van der Waals surface area contributed by atoms with Crippen LogP contribution >= 0.6 is 0 Å². The molecule has 5 aromatic rings. The molecule has 0 aliphatic heterocycles. The first-order valence-corrected chi connectivity index (χ1v) is 12.4. The van der Waals surface area contributed by atoms with E-state index in [1.54, 1.807) is 26.4 Å². The summed E-state index contributed by atoms with van der Waals surface area (Å²) in [5.41, 5.74) is 2.37. The number of benzene rings is 5. The first-order chi connectivity index (χ1) is 18.6. The Morgan fingerprint density at radius 3 is 1.67 bits per heavy atom. The summed E-state index contributed by atoms with van der Waals surface area (Å²) in [5.74, 6) is 1.17. The third kappa shape index (κ3) is 2.84. The minimum Gasteiger partial charge on any atom is -0.504 e. The molecular weight excluding hydrogens is 496 g/mol. The highest BCUT2D eigenvalue weighted by Gasteiger charge is 2.35. The van der Waals surface area contributed by atoms with Crippen molar-refractivity contribution in [1.29, 1.82) is 0 Å². The molecule has 0 saturated heterocycles. The van der Waals surface area contributed by atoms with Crippen LogP contribution in [0.4, 0.5) is 0 Å². The van der Waals surface area contributed by atoms with Gasteiger partial charge < -0.3 is 29.2 Å². The zero-order valence-corrected chi connectivity index (χ0v) is 22.7. The van der Waals surface area contributed by atoms with Gasteiger partial charge in [0.2, 0.25) is 0 Å². The number of hydrogen-bond acceptors (Lipinski definition) is 7. The summed E-state index contributed by atoms with van der Waals surface area (Å²) >= 11 is 0. The number of phenolic OH excluding ortho intramolecular Hbond substituents is 2. The number of rotatable bonds is 5. The SMILES string of the molecule is C=c1cc(OC)c2c3c(OC)cc(=C)c4c(O)c(OC)c5c(c6c(c(OC)c(O)c1c26)CC(C)=C5C(C)=O)c43. The van der Waals surface area contributed by atoms with Crippen LogP contribution in [0.5, 0.6) is 34.5 Å². The summed E-state index contributed by atoms with van der Waals surface area (Å²) in [5, 5.41) is 29.5. The fourth-order valence-corrected chi connectivity index (χ4v) is 6.67. The highest BCUT2D eigenvalue weighted by atomic mass is 16.5. The van der Waals surface area contributed by atoms with E-state index >= 15 is 0 Å². The maximum absolute atomic E-state index is 13.3. The van der Waals surface area contributed by atoms with Gasteiger partial charge in [0, 0.05) is 54.4 Å². The smallest absolute Gasteiger partial charge is 0.169 e. The van der Waals surface area contributed by atoms with Gasteiger partial charge in [-0.2, -0.15) is 0 Å². The molecule has 5 aromatic carbocycles. The van der Waals surface area contributed by atoms with Crippen molar-refractivity contribution in [2.75, 3.05) is 28.4 Å². The Balaban J connectivity index is 2.21. The monoisotopic (exact) mass is 524 g/mol. The van der Waals surface area contributed by atoms with Crippen LogP contribution in [-0.4, -0.2) is 44.4 Å². The van der Waals surface area contributed by atoms with Crippen LogP contribution in [0.1, 0.15) is 25.0 Å². The first kappa shape index (κ1) is 24.7. The highest BCUT2D eigenvalue weighted by Crippen LogP contribution is 2.57. The van der Waals surface area contributed by atoms with Crippen LogP contribution in [0.3, 0.4) is 0 Å². The van der Waals surface area contributed by atoms with Crippen LogP contribution in [0.25, 0.3) is 61.8 Å². The van der Waals surface area contributed by atoms with E-state index in [-0.39, 0.29) is 23.0 Å². The fraction of sp³-hybridized carbons (Fsp3) is 0.219. The van der Waals surface area contributed by atoms with Crippen LogP contribution in [-0.2, 0) is 11.2 Å². The quantitative estimate of drug-likeness (QED) is 0.249. The number of aromatic hydroxyl groups is 2. The van der Waals surface area contributed by atoms with Gasteiger partial charge in [-0.3, -0.25) is 4.79 Å². The van der Waals surface area contributed by atoms with Gasteiger partial charge in [0.05, 0.1) is 28.4 Å². The van der Waals surface area contributed by atoms with E-state index in [0.717, 1.165) is 11.0 Å². The summed E-state index contributed by atoms with van der Waals surface area (Å²) in [4.78, 5) is 13.3. The van der Waals surface area contributed by atoms with Crippen molar-refractivity contribution in [1.82, 2.24) is 0 Å². The summed E-state index contributed by atoms with van der Waals surface area (Å²) in [7, 11) is 6.12. The Bertz CT molecular complexity index is 2070. The van der Waals surface area contributed by atoms with E-state index in [4.69, 9.17) is 18.9 Å². The van der Waals surface area contributed by atoms with Gasteiger partial charge in [0.1, 0.15) is 11.5 Å². The van der Waals surface area contributed by atoms with E-state index in [0.29, 0.717) is 88.5 Å². The number of carbonyl (C=O) groups excluding carboxylic acids is 1. The molecule has 7 heteroatoms. The minimum atomic E-state index is -0.179. The summed E-state index contributed by atoms with van der Waals surface area (Å²) in [6, 6.07) is 3.52. The number of methoxy groups -OCH3 is 4. The van der Waals surface area contributed by atoms with Crippen molar-refractivity contribution in [3.8, 4) is 34.5 Å². The summed E-state index contributed by atoms with van der Waals surface area (Å²) in [6.45, 7) is 11.8. The van der Waals surface area contributed by atoms with Crippen LogP contribution in [0.15, 0.2) is 17.7 Å². The Morgan fingerprint density at radius 2 is 1.21 bits per heavy atom. The van der Waals surface area contributed by atoms with Crippen LogP contribution < -0.4 is 29.4 Å². The van der Waals surface area contributed by atoms with Gasteiger partial charge in [0.25, 0.3) is 0 Å². The molecule has 0 fully saturated rings. The van der Waals surface area contributed by atoms with Gasteiger partial charge in [0.15, 0.2) is 28.8 Å². The second-order valence-corrected chi connectivity index (χ2v) is 9.98. The normalized spacial score (nSPS) is 13.2. The number of ketones is 1. The lowest BCUT2D eigenvalue weighted by atomic mass is 9.82. The number of fused-ring (bicyclic) bond motifs is 1. The molecule has 198 valence electrons. The number of carbonyl (C=O) groups is 1. The second kappa shape index (κ2) is 8.17. The van der Waals surface area contributed by atoms with Crippen LogP contribution in [0, 0.1) is 0 Å². The first-order valence-electron chi connectivity index (χ1n) is 12.4. The number of ether oxygens (including phenoxy) is 4. The van der Waals surface area contributed by atoms with Crippen molar-refractivity contribution in [2.24, 2.45) is 0 Å². The fourth-order valence-electron chi connectivity index (χ4n) is 6.67. The number of allylic oxidation sites excluding steroid dienone is 2. The molecule has 0 heterocycles. The Morgan fingerprint density at radius 1 is 0.718 bits per heavy atom. The maximum atomic E-state index is 13.3. The van der Waals surface area contributed by atoms with Gasteiger partial charge in [-0.25, -0.2) is 0 Å². The van der Waals surface area contributed by atoms with Crippen molar-refractivity contribution in [3.63, 3.8) is 0 Å². The van der Waals surface area contributed by atoms with Gasteiger partial charge in [-0.15, -0.1) is 0 Å². The molecule has 1 aliphatic carbocycles. The van der Waals surface area contributed by atoms with Gasteiger partial charge in [-0.05, 0) is 48.2 Å². The van der Waals surface area contributed by atoms with E-state index in [1.165, 1.54) is 21.1 Å². The highest BCUT2D eigenvalue weighted by molar-refractivity contribution is 6.41. The standard InChI is InChI=1S/C32H28O7/c1-12-9-16-22-25-20(29(34)31(16)38-7)13(2)10-17(36-5)23(25)24-18(37-6)11-14(3)21-26(24)27(22)28(19(12)15(4)33)32(39-8)30(21)35/h10-11,34-35H,2-3,9H2,1,4-8H3. The van der Waals surface area contributed by atoms with E-state index in [9.17, 15) is 15.0 Å². The third-order valence-electron chi connectivity index (χ3n) is 8.02. The van der Waals surface area contributed by atoms with Crippen LogP contribution in [0.2, 0.25) is 0 Å². The molecule has 0 spiro atoms. The lowest BCUT2D eigenvalue weighted by Gasteiger charge is -2.25. The maximum Gasteiger partial charge on any atom is 0.169 e. The number of hydrogen-bond donors (Lipinski definition) is 2. The molecule has 0 radical (unpaired) electrons. The van der Waals surface area contributed by atoms with E-state index < -0.39 is 0 Å². The molecule has 0 aromatic heterocycles. The Hall–Kier alpha value is -4.65. The van der Waals surface area contributed by atoms with E-state index in [1.807, 2.05) is 6.92 Å². The van der Waals surface area contributed by atoms with Crippen molar-refractivity contribution in [2.45, 2.75) is 20.3 Å². The molecule has 6 rings (SSSR count). The molecule has 39 heavy (non-hydrogen) atoms. The minimum absolute atomic E-state index is 0.0426. The molecule has 2 N–H and O–H groups in total. The molecule has 0 unspecified atom stereocenters. The summed E-state index contributed by atoms with van der Waals surface area (Å²) in [6.07, 6.45) is 0.316. The molecular formula is C32H28O7. The molecule has 0 amide bonds. The lowest BCUT2D eigenvalue weighted by molar-refractivity contribution is -0.111. The van der Waals surface area contributed by atoms with E-state index in [2.05, 4.69) is 13.2 Å². The Kier molecular flexibility index (Phi) is 5.17. The van der Waals surface area contributed by atoms with Gasteiger partial charge >= 0.3 is 0 Å². The number of Topliss-reactive ketones (excluding diaryl/α,β-unsaturated/α-hetero) is 1. The Labute approximate surface area is 224 Å². The average Bonchev–Trinajstić information content (AvgIpc) is 3.02. The predicted molar refractivity (Wildman–Crippen MR) is 154 cm³/mol. The molecule has 7 nitrogen and oxygen atoms in total. The lowest BCUT2D eigenvalue weighted by Crippen LogP contribution is -2.10. The van der Waals surface area contributed by atoms with Crippen molar-refractivity contribution in [3.05, 3.63) is 39.3 Å².